The molecule has 0 radical (unpaired) electrons. The van der Waals surface area contributed by atoms with Crippen molar-refractivity contribution in [3.8, 4) is 11.1 Å². The zero-order valence-electron chi connectivity index (χ0n) is 14.1. The summed E-state index contributed by atoms with van der Waals surface area (Å²) in [7, 11) is 2.13. The van der Waals surface area contributed by atoms with Gasteiger partial charge in [-0.05, 0) is 18.2 Å². The molecule has 0 aliphatic heterocycles. The quantitative estimate of drug-likeness (QED) is 0.777. The number of benzene rings is 1. The number of aliphatic hydroxyl groups excluding tert-OH is 1. The second kappa shape index (κ2) is 14.1. The van der Waals surface area contributed by atoms with Crippen LogP contribution >= 0.6 is 0 Å². The van der Waals surface area contributed by atoms with Gasteiger partial charge in [0, 0.05) is 18.0 Å². The third-order valence-electron chi connectivity index (χ3n) is 3.13. The number of nitrogens with one attached hydrogen (secondary N) is 1. The molecule has 2 aromatic rings. The Morgan fingerprint density at radius 2 is 1.64 bits per heavy atom. The average molecular weight is 357 g/mol. The van der Waals surface area contributed by atoms with Gasteiger partial charge in [0.15, 0.2) is 6.29 Å². The number of carbonyl (C=O) groups is 1. The van der Waals surface area contributed by atoms with Crippen molar-refractivity contribution in [1.29, 1.82) is 0 Å². The summed E-state index contributed by atoms with van der Waals surface area (Å²) in [5, 5.41) is 12.8. The van der Waals surface area contributed by atoms with Gasteiger partial charge in [0.2, 0.25) is 0 Å². The number of hydrogen-bond acceptors (Lipinski definition) is 5. The summed E-state index contributed by atoms with van der Waals surface area (Å²) in [6.07, 6.45) is 4.25. The second-order valence-electron chi connectivity index (χ2n) is 4.56. The fourth-order valence-electron chi connectivity index (χ4n) is 1.87. The van der Waals surface area contributed by atoms with Gasteiger partial charge in [-0.2, -0.15) is 0 Å². The highest BCUT2D eigenvalue weighted by atomic mass is 19.1. The van der Waals surface area contributed by atoms with Crippen LogP contribution in [-0.4, -0.2) is 55.0 Å². The summed E-state index contributed by atoms with van der Waals surface area (Å²) in [6.45, 7) is -1.48. The predicted octanol–water partition coefficient (Wildman–Crippen LogP) is 2.48. The van der Waals surface area contributed by atoms with Gasteiger partial charge in [-0.15, -0.1) is 0 Å². The monoisotopic (exact) mass is 357 g/mol. The third-order valence-corrected chi connectivity index (χ3v) is 3.13. The Bertz CT molecular complexity index is 567. The first-order valence-electron chi connectivity index (χ1n) is 7.32. The molecular weight excluding hydrogens is 335 g/mol. The number of aldehydes is 1. The lowest BCUT2D eigenvalue weighted by Crippen LogP contribution is -2.33. The summed E-state index contributed by atoms with van der Waals surface area (Å²) >= 11 is 0. The highest BCUT2D eigenvalue weighted by molar-refractivity contribution is 5.61. The molecule has 1 aromatic carbocycles. The maximum atomic E-state index is 12.7. The number of likely N-dealkylation sites (N-methyl/N-ethyl adjacent to an activating group) is 1. The smallest absolute Gasteiger partial charge is 0.150 e. The maximum Gasteiger partial charge on any atom is 0.150 e. The molecular formula is C17H22F3N3O2. The van der Waals surface area contributed by atoms with Crippen LogP contribution in [0.1, 0.15) is 11.7 Å². The first kappa shape index (κ1) is 22.7. The first-order valence-corrected chi connectivity index (χ1v) is 7.32. The Labute approximate surface area is 144 Å². The van der Waals surface area contributed by atoms with Crippen molar-refractivity contribution in [3.05, 3.63) is 48.5 Å². The van der Waals surface area contributed by atoms with E-state index in [0.29, 0.717) is 12.7 Å². The van der Waals surface area contributed by atoms with E-state index in [2.05, 4.69) is 15.3 Å². The van der Waals surface area contributed by atoms with Crippen molar-refractivity contribution in [3.63, 3.8) is 0 Å². The van der Waals surface area contributed by atoms with Crippen LogP contribution in [0.3, 0.4) is 0 Å². The Balaban J connectivity index is 0.000000845. The largest absolute Gasteiger partial charge is 0.387 e. The van der Waals surface area contributed by atoms with Crippen LogP contribution in [0.25, 0.3) is 11.1 Å². The molecule has 0 bridgehead atoms. The van der Waals surface area contributed by atoms with Gasteiger partial charge in [-0.25, -0.2) is 18.7 Å². The number of carbonyl (C=O) groups excluding carboxylic acids is 1. The molecule has 1 heterocycles. The van der Waals surface area contributed by atoms with E-state index < -0.39 is 25.5 Å². The summed E-state index contributed by atoms with van der Waals surface area (Å²) in [5.41, 5.74) is 2.54. The minimum atomic E-state index is -0.865. The molecule has 0 aliphatic rings. The van der Waals surface area contributed by atoms with Gasteiger partial charge in [0.25, 0.3) is 0 Å². The van der Waals surface area contributed by atoms with Crippen LogP contribution < -0.4 is 5.32 Å². The summed E-state index contributed by atoms with van der Waals surface area (Å²) < 4.78 is 32.6. The summed E-state index contributed by atoms with van der Waals surface area (Å²) in [4.78, 5) is 16.7. The van der Waals surface area contributed by atoms with Gasteiger partial charge >= 0.3 is 0 Å². The Morgan fingerprint density at radius 1 is 1.12 bits per heavy atom. The number of hydrogen-bond donors (Lipinski definition) is 2. The van der Waals surface area contributed by atoms with Crippen molar-refractivity contribution in [2.75, 3.05) is 27.6 Å². The van der Waals surface area contributed by atoms with Crippen LogP contribution in [0.5, 0.6) is 0 Å². The van der Waals surface area contributed by atoms with Gasteiger partial charge < -0.3 is 15.2 Å². The lowest BCUT2D eigenvalue weighted by Gasteiger charge is -2.19. The lowest BCUT2D eigenvalue weighted by molar-refractivity contribution is -0.108. The molecule has 2 rings (SSSR count). The number of rotatable bonds is 6. The molecule has 0 saturated heterocycles. The van der Waals surface area contributed by atoms with Crippen LogP contribution in [0, 0.1) is 0 Å². The Hall–Kier alpha value is -2.32. The molecule has 0 fully saturated rings. The molecule has 2 unspecified atom stereocenters. The molecule has 0 saturated carbocycles. The second-order valence-corrected chi connectivity index (χ2v) is 4.56. The zero-order valence-corrected chi connectivity index (χ0v) is 14.1. The van der Waals surface area contributed by atoms with E-state index in [-0.39, 0.29) is 6.29 Å². The summed E-state index contributed by atoms with van der Waals surface area (Å²) in [6, 6.07) is 6.70. The standard InChI is InChI=1S/C14H16FN3O.C2H3FO.CH3F/c1-16-13(6-15)14(19)11-4-2-10(3-5-11)12-7-17-9-18-8-12;3-1-2-4;1-2/h2-5,7-9,13-14,16,19H,6H2,1H3;2H,1H2;1H3. The van der Waals surface area contributed by atoms with E-state index in [9.17, 15) is 18.3 Å². The van der Waals surface area contributed by atoms with Crippen LogP contribution in [0.15, 0.2) is 43.0 Å². The van der Waals surface area contributed by atoms with Crippen LogP contribution in [0.4, 0.5) is 13.2 Å². The van der Waals surface area contributed by atoms with Gasteiger partial charge in [0.05, 0.1) is 19.3 Å². The Kier molecular flexibility index (Phi) is 12.8. The van der Waals surface area contributed by atoms with E-state index >= 15 is 0 Å². The van der Waals surface area contributed by atoms with Crippen molar-refractivity contribution in [2.24, 2.45) is 0 Å². The van der Waals surface area contributed by atoms with Crippen molar-refractivity contribution in [1.82, 2.24) is 15.3 Å². The maximum absolute atomic E-state index is 12.7. The van der Waals surface area contributed by atoms with E-state index in [4.69, 9.17) is 4.79 Å². The van der Waals surface area contributed by atoms with Crippen molar-refractivity contribution >= 4 is 6.29 Å². The van der Waals surface area contributed by atoms with Gasteiger partial charge in [0.1, 0.15) is 19.7 Å². The molecule has 2 atom stereocenters. The molecule has 138 valence electrons. The molecule has 2 N–H and O–H groups in total. The first-order chi connectivity index (χ1) is 12.2. The summed E-state index contributed by atoms with van der Waals surface area (Å²) in [5.74, 6) is 0. The topological polar surface area (TPSA) is 75.1 Å². The molecule has 0 spiro atoms. The lowest BCUT2D eigenvalue weighted by atomic mass is 10.00. The predicted molar refractivity (Wildman–Crippen MR) is 90.3 cm³/mol. The van der Waals surface area contributed by atoms with E-state index in [1.807, 2.05) is 12.1 Å². The van der Waals surface area contributed by atoms with Crippen LogP contribution in [0.2, 0.25) is 0 Å². The number of alkyl halides is 3. The SMILES string of the molecule is CF.CNC(CF)C(O)c1ccc(-c2cncnc2)cc1.O=CCF. The highest BCUT2D eigenvalue weighted by Crippen LogP contribution is 2.22. The molecule has 1 aromatic heterocycles. The molecule has 0 aliphatic carbocycles. The minimum absolute atomic E-state index is 0.208. The minimum Gasteiger partial charge on any atom is -0.387 e. The number of halogens is 3. The van der Waals surface area contributed by atoms with Crippen molar-refractivity contribution in [2.45, 2.75) is 12.1 Å². The Morgan fingerprint density at radius 3 is 2.04 bits per heavy atom. The van der Waals surface area contributed by atoms with Crippen molar-refractivity contribution < 1.29 is 23.1 Å². The van der Waals surface area contributed by atoms with E-state index in [1.165, 1.54) is 6.33 Å². The molecule has 8 heteroatoms. The van der Waals surface area contributed by atoms with Crippen LogP contribution in [-0.2, 0) is 4.79 Å². The molecule has 0 amide bonds. The van der Waals surface area contributed by atoms with E-state index in [1.54, 1.807) is 31.6 Å². The number of aliphatic hydroxyl groups is 1. The zero-order chi connectivity index (χ0) is 19.1. The van der Waals surface area contributed by atoms with Gasteiger partial charge in [-0.3, -0.25) is 4.39 Å². The van der Waals surface area contributed by atoms with Gasteiger partial charge in [-0.1, -0.05) is 24.3 Å². The number of aromatic nitrogens is 2. The fraction of sp³-hybridized carbons (Fsp3) is 0.353. The average Bonchev–Trinajstić information content (AvgIpc) is 2.71. The number of nitrogens with zero attached hydrogens (tertiary/aromatic N) is 2. The van der Waals surface area contributed by atoms with E-state index in [0.717, 1.165) is 11.1 Å². The highest BCUT2D eigenvalue weighted by Gasteiger charge is 2.18. The molecule has 5 nitrogen and oxygen atoms in total. The third kappa shape index (κ3) is 7.86. The normalized spacial score (nSPS) is 11.9. The fourth-order valence-corrected chi connectivity index (χ4v) is 1.87. The molecule has 25 heavy (non-hydrogen) atoms.